The van der Waals surface area contributed by atoms with Gasteiger partial charge in [-0.15, -0.1) is 0 Å². The van der Waals surface area contributed by atoms with E-state index in [1.165, 1.54) is 6.07 Å². The number of pyridine rings is 1. The first-order chi connectivity index (χ1) is 7.50. The zero-order valence-electron chi connectivity index (χ0n) is 8.88. The standard InChI is InChI=1S/C10H13N3O3/c1-13(6-5-8(11)14)9-4-2-3-7(12-9)10(15)16/h2-4H,5-6H2,1H3,(H2,11,14)(H,15,16). The first-order valence-corrected chi connectivity index (χ1v) is 4.70. The van der Waals surface area contributed by atoms with E-state index in [1.807, 2.05) is 0 Å². The van der Waals surface area contributed by atoms with E-state index in [0.717, 1.165) is 0 Å². The van der Waals surface area contributed by atoms with Crippen LogP contribution >= 0.6 is 0 Å². The van der Waals surface area contributed by atoms with Crippen LogP contribution in [-0.2, 0) is 4.79 Å². The molecule has 6 heteroatoms. The van der Waals surface area contributed by atoms with Gasteiger partial charge in [0.05, 0.1) is 0 Å². The van der Waals surface area contributed by atoms with Gasteiger partial charge in [-0.25, -0.2) is 9.78 Å². The van der Waals surface area contributed by atoms with Crippen molar-refractivity contribution in [1.29, 1.82) is 0 Å². The van der Waals surface area contributed by atoms with Crippen molar-refractivity contribution in [1.82, 2.24) is 4.98 Å². The Labute approximate surface area is 92.7 Å². The first-order valence-electron chi connectivity index (χ1n) is 4.70. The number of aromatic nitrogens is 1. The van der Waals surface area contributed by atoms with Crippen molar-refractivity contribution >= 4 is 17.7 Å². The highest BCUT2D eigenvalue weighted by atomic mass is 16.4. The van der Waals surface area contributed by atoms with Crippen molar-refractivity contribution in [3.8, 4) is 0 Å². The summed E-state index contributed by atoms with van der Waals surface area (Å²) < 4.78 is 0. The van der Waals surface area contributed by atoms with E-state index >= 15 is 0 Å². The predicted octanol–water partition coefficient (Wildman–Crippen LogP) is 0.0914. The quantitative estimate of drug-likeness (QED) is 0.737. The largest absolute Gasteiger partial charge is 0.477 e. The highest BCUT2D eigenvalue weighted by molar-refractivity contribution is 5.85. The van der Waals surface area contributed by atoms with Crippen LogP contribution < -0.4 is 10.6 Å². The van der Waals surface area contributed by atoms with Crippen molar-refractivity contribution in [3.05, 3.63) is 23.9 Å². The fourth-order valence-electron chi connectivity index (χ4n) is 1.15. The summed E-state index contributed by atoms with van der Waals surface area (Å²) in [5.74, 6) is -0.979. The van der Waals surface area contributed by atoms with Gasteiger partial charge in [0.15, 0.2) is 5.69 Å². The minimum absolute atomic E-state index is 0.0246. The number of hydrogen-bond acceptors (Lipinski definition) is 4. The molecular weight excluding hydrogens is 210 g/mol. The Balaban J connectivity index is 2.75. The van der Waals surface area contributed by atoms with Crippen molar-refractivity contribution in [3.63, 3.8) is 0 Å². The molecule has 1 aromatic heterocycles. The normalized spacial score (nSPS) is 9.81. The molecule has 0 bridgehead atoms. The van der Waals surface area contributed by atoms with E-state index in [4.69, 9.17) is 10.8 Å². The summed E-state index contributed by atoms with van der Waals surface area (Å²) in [6.07, 6.45) is 0.204. The highest BCUT2D eigenvalue weighted by Crippen LogP contribution is 2.09. The number of hydrogen-bond donors (Lipinski definition) is 2. The van der Waals surface area contributed by atoms with Crippen LogP contribution in [0.2, 0.25) is 0 Å². The second-order valence-corrected chi connectivity index (χ2v) is 3.32. The van der Waals surface area contributed by atoms with Crippen LogP contribution in [0.15, 0.2) is 18.2 Å². The minimum atomic E-state index is -1.08. The number of nitrogens with two attached hydrogens (primary N) is 1. The zero-order chi connectivity index (χ0) is 12.1. The smallest absolute Gasteiger partial charge is 0.354 e. The summed E-state index contributed by atoms with van der Waals surface area (Å²) in [7, 11) is 1.72. The number of carbonyl (C=O) groups is 2. The van der Waals surface area contributed by atoms with Gasteiger partial charge in [0.2, 0.25) is 5.91 Å². The molecule has 16 heavy (non-hydrogen) atoms. The molecule has 0 aromatic carbocycles. The number of rotatable bonds is 5. The molecule has 0 atom stereocenters. The first kappa shape index (κ1) is 12.0. The Morgan fingerprint density at radius 3 is 2.75 bits per heavy atom. The minimum Gasteiger partial charge on any atom is -0.477 e. The van der Waals surface area contributed by atoms with Crippen LogP contribution in [-0.4, -0.2) is 35.6 Å². The van der Waals surface area contributed by atoms with Crippen LogP contribution in [0, 0.1) is 0 Å². The number of aromatic carboxylic acids is 1. The van der Waals surface area contributed by atoms with E-state index in [1.54, 1.807) is 24.1 Å². The molecule has 3 N–H and O–H groups in total. The van der Waals surface area contributed by atoms with Crippen LogP contribution in [0.4, 0.5) is 5.82 Å². The molecule has 1 heterocycles. The van der Waals surface area contributed by atoms with Crippen LogP contribution in [0.3, 0.4) is 0 Å². The van der Waals surface area contributed by atoms with Crippen molar-refractivity contribution < 1.29 is 14.7 Å². The molecule has 0 unspecified atom stereocenters. The SMILES string of the molecule is CN(CCC(N)=O)c1cccc(C(=O)O)n1. The van der Waals surface area contributed by atoms with E-state index in [0.29, 0.717) is 12.4 Å². The van der Waals surface area contributed by atoms with Crippen LogP contribution in [0.25, 0.3) is 0 Å². The second kappa shape index (κ2) is 5.11. The van der Waals surface area contributed by atoms with Gasteiger partial charge in [0.1, 0.15) is 5.82 Å². The monoisotopic (exact) mass is 223 g/mol. The molecule has 0 aliphatic heterocycles. The Hall–Kier alpha value is -2.11. The van der Waals surface area contributed by atoms with Gasteiger partial charge in [0, 0.05) is 20.0 Å². The fourth-order valence-corrected chi connectivity index (χ4v) is 1.15. The summed E-state index contributed by atoms with van der Waals surface area (Å²) in [6, 6.07) is 4.69. The lowest BCUT2D eigenvalue weighted by molar-refractivity contribution is -0.117. The molecule has 0 saturated carbocycles. The number of nitrogens with zero attached hydrogens (tertiary/aromatic N) is 2. The zero-order valence-corrected chi connectivity index (χ0v) is 8.88. The van der Waals surface area contributed by atoms with Gasteiger partial charge < -0.3 is 15.7 Å². The van der Waals surface area contributed by atoms with Crippen LogP contribution in [0.5, 0.6) is 0 Å². The average Bonchev–Trinajstić information content (AvgIpc) is 2.26. The average molecular weight is 223 g/mol. The second-order valence-electron chi connectivity index (χ2n) is 3.32. The topological polar surface area (TPSA) is 96.5 Å². The molecule has 1 amide bonds. The van der Waals surface area contributed by atoms with E-state index in [-0.39, 0.29) is 12.1 Å². The molecule has 0 saturated heterocycles. The molecule has 86 valence electrons. The molecular formula is C10H13N3O3. The number of amides is 1. The van der Waals surface area contributed by atoms with E-state index in [2.05, 4.69) is 4.98 Å². The van der Waals surface area contributed by atoms with Gasteiger partial charge >= 0.3 is 5.97 Å². The third-order valence-corrected chi connectivity index (χ3v) is 2.04. The van der Waals surface area contributed by atoms with Gasteiger partial charge in [-0.2, -0.15) is 0 Å². The maximum absolute atomic E-state index is 10.7. The lowest BCUT2D eigenvalue weighted by Crippen LogP contribution is -2.25. The lowest BCUT2D eigenvalue weighted by atomic mass is 10.3. The fraction of sp³-hybridized carbons (Fsp3) is 0.300. The Morgan fingerprint density at radius 2 is 2.19 bits per heavy atom. The van der Waals surface area contributed by atoms with Gasteiger partial charge in [-0.1, -0.05) is 6.07 Å². The molecule has 0 spiro atoms. The number of carboxylic acids is 1. The molecule has 6 nitrogen and oxygen atoms in total. The third-order valence-electron chi connectivity index (χ3n) is 2.04. The summed E-state index contributed by atoms with van der Waals surface area (Å²) in [6.45, 7) is 0.408. The summed E-state index contributed by atoms with van der Waals surface area (Å²) in [5.41, 5.74) is 4.99. The molecule has 0 aliphatic rings. The van der Waals surface area contributed by atoms with E-state index < -0.39 is 11.9 Å². The Kier molecular flexibility index (Phi) is 3.82. The van der Waals surface area contributed by atoms with Gasteiger partial charge in [-0.3, -0.25) is 4.79 Å². The summed E-state index contributed by atoms with van der Waals surface area (Å²) in [4.78, 5) is 26.9. The number of carboxylic acid groups (broad SMARTS) is 1. The van der Waals surface area contributed by atoms with Gasteiger partial charge in [0.25, 0.3) is 0 Å². The lowest BCUT2D eigenvalue weighted by Gasteiger charge is -2.17. The molecule has 0 fully saturated rings. The highest BCUT2D eigenvalue weighted by Gasteiger charge is 2.08. The van der Waals surface area contributed by atoms with Gasteiger partial charge in [-0.05, 0) is 12.1 Å². The van der Waals surface area contributed by atoms with Crippen molar-refractivity contribution in [2.45, 2.75) is 6.42 Å². The van der Waals surface area contributed by atoms with Crippen molar-refractivity contribution in [2.75, 3.05) is 18.5 Å². The number of anilines is 1. The van der Waals surface area contributed by atoms with E-state index in [9.17, 15) is 9.59 Å². The molecule has 1 rings (SSSR count). The van der Waals surface area contributed by atoms with Crippen molar-refractivity contribution in [2.24, 2.45) is 5.73 Å². The number of carbonyl (C=O) groups excluding carboxylic acids is 1. The maximum Gasteiger partial charge on any atom is 0.354 e. The maximum atomic E-state index is 10.7. The Morgan fingerprint density at radius 1 is 1.50 bits per heavy atom. The molecule has 0 aliphatic carbocycles. The summed E-state index contributed by atoms with van der Waals surface area (Å²) >= 11 is 0. The molecule has 1 aromatic rings. The van der Waals surface area contributed by atoms with Crippen LogP contribution in [0.1, 0.15) is 16.9 Å². The molecule has 0 radical (unpaired) electrons. The third kappa shape index (κ3) is 3.23. The number of primary amides is 1. The Bertz CT molecular complexity index is 406. The predicted molar refractivity (Wildman–Crippen MR) is 58.3 cm³/mol. The summed E-state index contributed by atoms with van der Waals surface area (Å²) in [5, 5.41) is 8.75.